The van der Waals surface area contributed by atoms with E-state index in [1.807, 2.05) is 0 Å². The number of hydrogen-bond acceptors (Lipinski definition) is 12. The van der Waals surface area contributed by atoms with Gasteiger partial charge in [0.05, 0.1) is 0 Å². The van der Waals surface area contributed by atoms with Gasteiger partial charge in [0.2, 0.25) is 16.6 Å². The van der Waals surface area contributed by atoms with Crippen molar-refractivity contribution in [3.05, 3.63) is 0 Å². The van der Waals surface area contributed by atoms with Gasteiger partial charge in [-0.25, -0.2) is 8.42 Å². The molecular weight excluding hydrogens is 450 g/mol. The SMILES string of the molecule is O=C([O-])O.O=C([O-])[O-].O=S(=O)([O-])O.O=S(=O)([O-])[O-].[Mn+2].[Mn+2].[NH4+].[NH4+]. The summed E-state index contributed by atoms with van der Waals surface area (Å²) >= 11 is 0. The summed E-state index contributed by atoms with van der Waals surface area (Å²) < 4.78 is 66.9. The van der Waals surface area contributed by atoms with Crippen LogP contribution in [0.4, 0.5) is 9.59 Å². The van der Waals surface area contributed by atoms with Gasteiger partial charge < -0.3 is 56.0 Å². The molecule has 0 aliphatic rings. The third-order valence-corrected chi connectivity index (χ3v) is 0. The fourth-order valence-corrected chi connectivity index (χ4v) is 0. The predicted molar refractivity (Wildman–Crippen MR) is 48.2 cm³/mol. The van der Waals surface area contributed by atoms with Crippen molar-refractivity contribution >= 4 is 33.1 Å². The molecule has 2 radical (unpaired) electrons. The number of carboxylic acid groups (broad SMARTS) is 4. The van der Waals surface area contributed by atoms with E-state index in [4.69, 9.17) is 65.1 Å². The Bertz CT molecular complexity index is 364. The van der Waals surface area contributed by atoms with Gasteiger partial charge in [-0.15, -0.1) is 0 Å². The molecule has 10 N–H and O–H groups in total. The molecule has 0 aromatic carbocycles. The van der Waals surface area contributed by atoms with Crippen LogP contribution >= 0.6 is 0 Å². The first-order valence-corrected chi connectivity index (χ1v) is 5.29. The van der Waals surface area contributed by atoms with Gasteiger partial charge in [0, 0.05) is 10.4 Å². The Morgan fingerprint density at radius 1 is 0.773 bits per heavy atom. The van der Waals surface area contributed by atoms with Crippen LogP contribution in [0.2, 0.25) is 0 Å². The zero-order valence-corrected chi connectivity index (χ0v) is 14.4. The Balaban J connectivity index is -0.0000000188. The second-order valence-corrected chi connectivity index (χ2v) is 3.02. The van der Waals surface area contributed by atoms with E-state index in [1.165, 1.54) is 0 Å². The van der Waals surface area contributed by atoms with E-state index in [1.54, 1.807) is 0 Å². The molecule has 0 atom stereocenters. The molecule has 0 bridgehead atoms. The molecule has 22 heavy (non-hydrogen) atoms. The number of hydrogen-bond donors (Lipinski definition) is 4. The summed E-state index contributed by atoms with van der Waals surface area (Å²) in [6.45, 7) is 0. The zero-order valence-electron chi connectivity index (χ0n) is 10.4. The minimum atomic E-state index is -5.17. The molecule has 0 fully saturated rings. The monoisotopic (exact) mass is 460 g/mol. The summed E-state index contributed by atoms with van der Waals surface area (Å²) in [5.74, 6) is 0. The van der Waals surface area contributed by atoms with Crippen molar-refractivity contribution in [2.75, 3.05) is 0 Å². The van der Waals surface area contributed by atoms with Crippen LogP contribution in [0.3, 0.4) is 0 Å². The Hall–Kier alpha value is -0.761. The number of carbonyl (C=O) groups is 2. The Kier molecular flexibility index (Phi) is 56.9. The molecular formula is C2H10Mn2N2O14S2. The van der Waals surface area contributed by atoms with E-state index in [0.717, 1.165) is 0 Å². The van der Waals surface area contributed by atoms with Crippen LogP contribution < -0.4 is 27.6 Å². The van der Waals surface area contributed by atoms with Crippen LogP contribution in [-0.4, -0.2) is 52.5 Å². The molecule has 0 rings (SSSR count). The quantitative estimate of drug-likeness (QED) is 0.149. The molecule has 0 amide bonds. The number of carbonyl (C=O) groups excluding carboxylic acids is 1. The molecule has 0 heterocycles. The molecule has 20 heteroatoms. The summed E-state index contributed by atoms with van der Waals surface area (Å²) in [5, 5.41) is 32.0. The van der Waals surface area contributed by atoms with Crippen LogP contribution in [0.15, 0.2) is 0 Å². The fraction of sp³-hybridized carbons (Fsp3) is 0. The van der Waals surface area contributed by atoms with Crippen molar-refractivity contribution < 1.29 is 99.2 Å². The maximum Gasteiger partial charge on any atom is 2.00 e. The van der Waals surface area contributed by atoms with Crippen LogP contribution in [0.25, 0.3) is 0 Å². The van der Waals surface area contributed by atoms with Crippen molar-refractivity contribution in [3.63, 3.8) is 0 Å². The van der Waals surface area contributed by atoms with E-state index >= 15 is 0 Å². The maximum atomic E-state index is 8.63. The average molecular weight is 460 g/mol. The van der Waals surface area contributed by atoms with Crippen LogP contribution in [0.5, 0.6) is 0 Å². The second kappa shape index (κ2) is 25.2. The van der Waals surface area contributed by atoms with Gasteiger partial charge in [0.25, 0.3) is 0 Å². The minimum Gasteiger partial charge on any atom is -0.759 e. The summed E-state index contributed by atoms with van der Waals surface area (Å²) in [6.07, 6.45) is -4.42. The molecule has 0 aliphatic heterocycles. The van der Waals surface area contributed by atoms with Crippen molar-refractivity contribution in [1.82, 2.24) is 12.3 Å². The van der Waals surface area contributed by atoms with E-state index < -0.39 is 33.1 Å². The Labute approximate surface area is 144 Å². The van der Waals surface area contributed by atoms with Gasteiger partial charge in [-0.05, 0) is 6.16 Å². The summed E-state index contributed by atoms with van der Waals surface area (Å²) in [5.41, 5.74) is 0. The van der Waals surface area contributed by atoms with Crippen LogP contribution in [0, 0.1) is 0 Å². The van der Waals surface area contributed by atoms with Gasteiger partial charge in [-0.1, -0.05) is 0 Å². The third kappa shape index (κ3) is 11100. The standard InChI is InChI=1S/2CH2O3.2Mn.2H3N.2H2O4S/c2*2-1(3)4;;;;;2*1-5(2,3)4/h2*(H2,2,3,4);;;2*1H3;2*(H2,1,2,3,4)/q;;2*+2;;;;/p-4. The topological polar surface area (TPSA) is 354 Å². The third-order valence-electron chi connectivity index (χ3n) is 0. The minimum absolute atomic E-state index is 0. The first kappa shape index (κ1) is 49.6. The molecule has 0 aliphatic carbocycles. The van der Waals surface area contributed by atoms with Crippen molar-refractivity contribution in [3.8, 4) is 0 Å². The van der Waals surface area contributed by atoms with Gasteiger partial charge in [-0.3, -0.25) is 13.0 Å². The van der Waals surface area contributed by atoms with Crippen molar-refractivity contribution in [2.24, 2.45) is 0 Å². The molecule has 0 spiro atoms. The van der Waals surface area contributed by atoms with Gasteiger partial charge in [-0.2, -0.15) is 0 Å². The van der Waals surface area contributed by atoms with E-state index in [0.29, 0.717) is 0 Å². The number of quaternary nitrogens is 2. The van der Waals surface area contributed by atoms with Gasteiger partial charge >= 0.3 is 34.1 Å². The summed E-state index contributed by atoms with van der Waals surface area (Å²) in [6, 6.07) is 0. The predicted octanol–water partition coefficient (Wildman–Crippen LogP) is -5.15. The van der Waals surface area contributed by atoms with Crippen molar-refractivity contribution in [2.45, 2.75) is 0 Å². The molecule has 0 saturated heterocycles. The molecule has 0 aromatic rings. The fourth-order valence-electron chi connectivity index (χ4n) is 0. The largest absolute Gasteiger partial charge is 2.00 e. The first-order valence-electron chi connectivity index (χ1n) is 2.59. The van der Waals surface area contributed by atoms with Gasteiger partial charge in [0.15, 0.2) is 0 Å². The van der Waals surface area contributed by atoms with E-state index in [-0.39, 0.29) is 46.4 Å². The zero-order chi connectivity index (χ0) is 16.2. The van der Waals surface area contributed by atoms with Crippen molar-refractivity contribution in [1.29, 1.82) is 0 Å². The molecule has 0 unspecified atom stereocenters. The second-order valence-electron chi connectivity index (χ2n) is 1.35. The number of rotatable bonds is 0. The maximum absolute atomic E-state index is 8.63. The smallest absolute Gasteiger partial charge is 0.759 e. The summed E-state index contributed by atoms with van der Waals surface area (Å²) in [4.78, 5) is 16.8. The summed E-state index contributed by atoms with van der Waals surface area (Å²) in [7, 11) is -10.1. The van der Waals surface area contributed by atoms with E-state index in [2.05, 4.69) is 0 Å². The molecule has 0 aromatic heterocycles. The van der Waals surface area contributed by atoms with Crippen LogP contribution in [-0.2, 0) is 54.9 Å². The molecule has 0 saturated carbocycles. The first-order chi connectivity index (χ1) is 7.46. The Morgan fingerprint density at radius 2 is 0.773 bits per heavy atom. The van der Waals surface area contributed by atoms with Gasteiger partial charge in [0.1, 0.15) is 0 Å². The normalized spacial score (nSPS) is 7.45. The van der Waals surface area contributed by atoms with Crippen LogP contribution in [0.1, 0.15) is 0 Å². The molecule has 16 nitrogen and oxygen atoms in total. The Morgan fingerprint density at radius 3 is 0.773 bits per heavy atom. The molecule has 138 valence electrons. The van der Waals surface area contributed by atoms with E-state index in [9.17, 15) is 0 Å². The average Bonchev–Trinajstić information content (AvgIpc) is 1.70.